The lowest BCUT2D eigenvalue weighted by Gasteiger charge is -2.15. The standard InChI is InChI=1S/C16H20N4O3S/c21-16(20-8-1-2-9-20)13-4-3-5-15(10-13)24(22,23)19-7-6-14-11-17-12-18-14/h3-5,10-12,19H,1-2,6-9H2,(H,17,18). The summed E-state index contributed by atoms with van der Waals surface area (Å²) in [6.45, 7) is 1.73. The van der Waals surface area contributed by atoms with Crippen molar-refractivity contribution in [3.63, 3.8) is 0 Å². The summed E-state index contributed by atoms with van der Waals surface area (Å²) in [5.74, 6) is -0.109. The number of nitrogens with one attached hydrogen (secondary N) is 2. The Kier molecular flexibility index (Phi) is 4.96. The van der Waals surface area contributed by atoms with Gasteiger partial charge in [-0.05, 0) is 31.0 Å². The van der Waals surface area contributed by atoms with E-state index < -0.39 is 10.0 Å². The van der Waals surface area contributed by atoms with Gasteiger partial charge in [-0.15, -0.1) is 0 Å². The zero-order chi connectivity index (χ0) is 17.0. The van der Waals surface area contributed by atoms with Crippen LogP contribution in [-0.4, -0.2) is 48.8 Å². The smallest absolute Gasteiger partial charge is 0.253 e. The molecule has 0 spiro atoms. The zero-order valence-corrected chi connectivity index (χ0v) is 14.1. The van der Waals surface area contributed by atoms with Crippen molar-refractivity contribution in [2.75, 3.05) is 19.6 Å². The molecule has 2 aromatic rings. The molecule has 0 unspecified atom stereocenters. The molecule has 128 valence electrons. The number of benzene rings is 1. The Morgan fingerprint density at radius 3 is 2.79 bits per heavy atom. The number of carbonyl (C=O) groups excluding carboxylic acids is 1. The monoisotopic (exact) mass is 348 g/mol. The van der Waals surface area contributed by atoms with E-state index >= 15 is 0 Å². The fourth-order valence-corrected chi connectivity index (χ4v) is 3.80. The van der Waals surface area contributed by atoms with Crippen molar-refractivity contribution < 1.29 is 13.2 Å². The van der Waals surface area contributed by atoms with E-state index in [4.69, 9.17) is 0 Å². The average molecular weight is 348 g/mol. The van der Waals surface area contributed by atoms with Crippen molar-refractivity contribution in [2.24, 2.45) is 0 Å². The average Bonchev–Trinajstić information content (AvgIpc) is 3.28. The molecule has 0 aliphatic carbocycles. The molecule has 24 heavy (non-hydrogen) atoms. The van der Waals surface area contributed by atoms with Gasteiger partial charge in [0.25, 0.3) is 5.91 Å². The fourth-order valence-electron chi connectivity index (χ4n) is 2.72. The minimum Gasteiger partial charge on any atom is -0.348 e. The van der Waals surface area contributed by atoms with Crippen molar-refractivity contribution in [3.8, 4) is 0 Å². The van der Waals surface area contributed by atoms with Gasteiger partial charge < -0.3 is 9.88 Å². The first kappa shape index (κ1) is 16.7. The quantitative estimate of drug-likeness (QED) is 0.819. The second-order valence-corrected chi connectivity index (χ2v) is 7.52. The molecule has 1 saturated heterocycles. The molecule has 2 N–H and O–H groups in total. The Morgan fingerprint density at radius 2 is 2.08 bits per heavy atom. The van der Waals surface area contributed by atoms with Crippen LogP contribution in [0.4, 0.5) is 0 Å². The third-order valence-corrected chi connectivity index (χ3v) is 5.48. The lowest BCUT2D eigenvalue weighted by molar-refractivity contribution is 0.0792. The summed E-state index contributed by atoms with van der Waals surface area (Å²) in [7, 11) is -3.65. The van der Waals surface area contributed by atoms with E-state index in [1.54, 1.807) is 29.6 Å². The maximum absolute atomic E-state index is 12.4. The van der Waals surface area contributed by atoms with Crippen molar-refractivity contribution in [1.82, 2.24) is 19.6 Å². The summed E-state index contributed by atoms with van der Waals surface area (Å²) < 4.78 is 27.3. The number of hydrogen-bond acceptors (Lipinski definition) is 4. The van der Waals surface area contributed by atoms with Crippen LogP contribution >= 0.6 is 0 Å². The van der Waals surface area contributed by atoms with Crippen LogP contribution in [0.2, 0.25) is 0 Å². The predicted molar refractivity (Wildman–Crippen MR) is 89.1 cm³/mol. The van der Waals surface area contributed by atoms with E-state index in [0.29, 0.717) is 12.0 Å². The van der Waals surface area contributed by atoms with E-state index in [2.05, 4.69) is 14.7 Å². The molecule has 1 aliphatic rings. The van der Waals surface area contributed by atoms with Gasteiger partial charge in [-0.25, -0.2) is 18.1 Å². The number of likely N-dealkylation sites (tertiary alicyclic amines) is 1. The minimum absolute atomic E-state index is 0.108. The summed E-state index contributed by atoms with van der Waals surface area (Å²) in [5.41, 5.74) is 1.27. The molecule has 1 amide bonds. The summed E-state index contributed by atoms with van der Waals surface area (Å²) >= 11 is 0. The molecule has 8 heteroatoms. The second kappa shape index (κ2) is 7.14. The first-order valence-corrected chi connectivity index (χ1v) is 9.41. The molecule has 1 aromatic heterocycles. The van der Waals surface area contributed by atoms with Crippen LogP contribution < -0.4 is 4.72 Å². The number of imidazole rings is 1. The van der Waals surface area contributed by atoms with Crippen molar-refractivity contribution >= 4 is 15.9 Å². The number of aromatic amines is 1. The molecule has 1 fully saturated rings. The largest absolute Gasteiger partial charge is 0.348 e. The van der Waals surface area contributed by atoms with Gasteiger partial charge >= 0.3 is 0 Å². The van der Waals surface area contributed by atoms with Crippen LogP contribution in [0, 0.1) is 0 Å². The lowest BCUT2D eigenvalue weighted by atomic mass is 10.2. The number of aromatic nitrogens is 2. The number of sulfonamides is 1. The summed E-state index contributed by atoms with van der Waals surface area (Å²) in [5, 5.41) is 0. The third-order valence-electron chi connectivity index (χ3n) is 4.03. The van der Waals surface area contributed by atoms with Crippen LogP contribution in [0.25, 0.3) is 0 Å². The molecular weight excluding hydrogens is 328 g/mol. The van der Waals surface area contributed by atoms with Gasteiger partial charge in [0.1, 0.15) is 0 Å². The number of amides is 1. The molecule has 0 bridgehead atoms. The first-order chi connectivity index (χ1) is 11.6. The highest BCUT2D eigenvalue weighted by Crippen LogP contribution is 2.16. The van der Waals surface area contributed by atoms with E-state index in [0.717, 1.165) is 31.6 Å². The van der Waals surface area contributed by atoms with Crippen molar-refractivity contribution in [2.45, 2.75) is 24.2 Å². The predicted octanol–water partition coefficient (Wildman–Crippen LogP) is 1.17. The van der Waals surface area contributed by atoms with Gasteiger partial charge in [0, 0.05) is 43.5 Å². The van der Waals surface area contributed by atoms with E-state index in [-0.39, 0.29) is 17.3 Å². The number of rotatable bonds is 6. The number of nitrogens with zero attached hydrogens (tertiary/aromatic N) is 2. The van der Waals surface area contributed by atoms with Crippen LogP contribution in [-0.2, 0) is 16.4 Å². The maximum atomic E-state index is 12.4. The van der Waals surface area contributed by atoms with Gasteiger partial charge in [-0.3, -0.25) is 4.79 Å². The van der Waals surface area contributed by atoms with Gasteiger partial charge in [0.2, 0.25) is 10.0 Å². The van der Waals surface area contributed by atoms with Gasteiger partial charge in [-0.1, -0.05) is 6.07 Å². The topological polar surface area (TPSA) is 95.2 Å². The molecule has 1 aromatic carbocycles. The second-order valence-electron chi connectivity index (χ2n) is 5.75. The lowest BCUT2D eigenvalue weighted by Crippen LogP contribution is -2.29. The molecule has 3 rings (SSSR count). The van der Waals surface area contributed by atoms with E-state index in [9.17, 15) is 13.2 Å². The SMILES string of the molecule is O=C(c1cccc(S(=O)(=O)NCCc2cnc[nH]2)c1)N1CCCC1. The number of H-pyrrole nitrogens is 1. The number of carbonyl (C=O) groups is 1. The van der Waals surface area contributed by atoms with E-state index in [1.165, 1.54) is 12.1 Å². The summed E-state index contributed by atoms with van der Waals surface area (Å²) in [6, 6.07) is 6.20. The maximum Gasteiger partial charge on any atom is 0.253 e. The van der Waals surface area contributed by atoms with Crippen molar-refractivity contribution in [3.05, 3.63) is 48.0 Å². The third kappa shape index (κ3) is 3.82. The van der Waals surface area contributed by atoms with Gasteiger partial charge in [0.05, 0.1) is 11.2 Å². The normalized spacial score (nSPS) is 14.9. The van der Waals surface area contributed by atoms with Crippen LogP contribution in [0.15, 0.2) is 41.7 Å². The first-order valence-electron chi connectivity index (χ1n) is 7.92. The molecule has 1 aliphatic heterocycles. The highest BCUT2D eigenvalue weighted by atomic mass is 32.2. The van der Waals surface area contributed by atoms with Crippen LogP contribution in [0.3, 0.4) is 0 Å². The van der Waals surface area contributed by atoms with Gasteiger partial charge in [0.15, 0.2) is 0 Å². The molecular formula is C16H20N4O3S. The molecule has 0 saturated carbocycles. The zero-order valence-electron chi connectivity index (χ0n) is 13.2. The minimum atomic E-state index is -3.65. The molecule has 7 nitrogen and oxygen atoms in total. The summed E-state index contributed by atoms with van der Waals surface area (Å²) in [4.78, 5) is 21.1. The Labute approximate surface area is 141 Å². The fraction of sp³-hybridized carbons (Fsp3) is 0.375. The van der Waals surface area contributed by atoms with E-state index in [1.807, 2.05) is 0 Å². The van der Waals surface area contributed by atoms with Crippen molar-refractivity contribution in [1.29, 1.82) is 0 Å². The number of hydrogen-bond donors (Lipinski definition) is 2. The van der Waals surface area contributed by atoms with Crippen LogP contribution in [0.1, 0.15) is 28.9 Å². The molecule has 0 atom stereocenters. The van der Waals surface area contributed by atoms with Crippen LogP contribution in [0.5, 0.6) is 0 Å². The Balaban J connectivity index is 1.68. The molecule has 2 heterocycles. The summed E-state index contributed by atoms with van der Waals surface area (Å²) in [6.07, 6.45) is 5.73. The Morgan fingerprint density at radius 1 is 1.29 bits per heavy atom. The van der Waals surface area contributed by atoms with Gasteiger partial charge in [-0.2, -0.15) is 0 Å². The highest BCUT2D eigenvalue weighted by molar-refractivity contribution is 7.89. The Bertz CT molecular complexity index is 796. The highest BCUT2D eigenvalue weighted by Gasteiger charge is 2.21. The Hall–Kier alpha value is -2.19. The molecule has 0 radical (unpaired) electrons.